The Kier molecular flexibility index (Phi) is 3.60. The molecule has 94 valence electrons. The van der Waals surface area contributed by atoms with E-state index in [9.17, 15) is 8.78 Å². The molecule has 0 saturated carbocycles. The van der Waals surface area contributed by atoms with Crippen LogP contribution in [0.4, 0.5) is 8.78 Å². The predicted octanol–water partition coefficient (Wildman–Crippen LogP) is 4.16. The normalized spacial score (nSPS) is 10.4. The van der Waals surface area contributed by atoms with Crippen LogP contribution in [0.3, 0.4) is 0 Å². The molecule has 0 bridgehead atoms. The third-order valence-electron chi connectivity index (χ3n) is 2.58. The van der Waals surface area contributed by atoms with Gasteiger partial charge < -0.3 is 4.74 Å². The third kappa shape index (κ3) is 3.06. The molecule has 0 atom stereocenters. The average Bonchev–Trinajstić information content (AvgIpc) is 2.29. The summed E-state index contributed by atoms with van der Waals surface area (Å²) in [7, 11) is 0. The highest BCUT2D eigenvalue weighted by molar-refractivity contribution is 5.33. The number of benzene rings is 2. The first-order valence-electron chi connectivity index (χ1n) is 5.69. The number of rotatable bonds is 3. The van der Waals surface area contributed by atoms with Crippen molar-refractivity contribution in [3.8, 4) is 5.75 Å². The van der Waals surface area contributed by atoms with Crippen LogP contribution in [0.5, 0.6) is 5.75 Å². The Morgan fingerprint density at radius 3 is 2.17 bits per heavy atom. The Balaban J connectivity index is 2.08. The Morgan fingerprint density at radius 1 is 0.889 bits per heavy atom. The van der Waals surface area contributed by atoms with E-state index in [1.54, 1.807) is 0 Å². The number of halogens is 2. The fraction of sp³-hybridized carbons (Fsp3) is 0.200. The average molecular weight is 248 g/mol. The van der Waals surface area contributed by atoms with Crippen molar-refractivity contribution in [3.63, 3.8) is 0 Å². The van der Waals surface area contributed by atoms with Crippen LogP contribution in [0.15, 0.2) is 36.4 Å². The minimum Gasteiger partial charge on any atom is -0.489 e. The first kappa shape index (κ1) is 12.6. The lowest BCUT2D eigenvalue weighted by molar-refractivity contribution is 0.304. The Morgan fingerprint density at radius 2 is 1.56 bits per heavy atom. The predicted molar refractivity (Wildman–Crippen MR) is 66.6 cm³/mol. The summed E-state index contributed by atoms with van der Waals surface area (Å²) in [6.07, 6.45) is 0. The zero-order chi connectivity index (χ0) is 13.1. The zero-order valence-electron chi connectivity index (χ0n) is 10.3. The second kappa shape index (κ2) is 5.17. The van der Waals surface area contributed by atoms with E-state index in [-0.39, 0.29) is 6.61 Å². The number of aryl methyl sites for hydroxylation is 2. The summed E-state index contributed by atoms with van der Waals surface area (Å²) in [5.41, 5.74) is 2.82. The van der Waals surface area contributed by atoms with Crippen LogP contribution < -0.4 is 4.74 Å². The van der Waals surface area contributed by atoms with Gasteiger partial charge in [0, 0.05) is 0 Å². The van der Waals surface area contributed by atoms with Crippen LogP contribution >= 0.6 is 0 Å². The van der Waals surface area contributed by atoms with Crippen LogP contribution in [-0.4, -0.2) is 0 Å². The lowest BCUT2D eigenvalue weighted by atomic mass is 10.1. The van der Waals surface area contributed by atoms with Gasteiger partial charge in [-0.05, 0) is 54.8 Å². The maximum absolute atomic E-state index is 13.0. The van der Waals surface area contributed by atoms with Crippen molar-refractivity contribution in [1.82, 2.24) is 0 Å². The van der Waals surface area contributed by atoms with Gasteiger partial charge in [0.1, 0.15) is 12.4 Å². The summed E-state index contributed by atoms with van der Waals surface area (Å²) in [6, 6.07) is 9.64. The molecule has 3 heteroatoms. The maximum atomic E-state index is 13.0. The van der Waals surface area contributed by atoms with Crippen LogP contribution in [0.25, 0.3) is 0 Å². The molecule has 0 aliphatic heterocycles. The van der Waals surface area contributed by atoms with E-state index in [0.717, 1.165) is 29.0 Å². The van der Waals surface area contributed by atoms with Gasteiger partial charge in [0.05, 0.1) is 0 Å². The molecule has 18 heavy (non-hydrogen) atoms. The van der Waals surface area contributed by atoms with Crippen molar-refractivity contribution in [2.45, 2.75) is 20.5 Å². The highest BCUT2D eigenvalue weighted by Crippen LogP contribution is 2.18. The van der Waals surface area contributed by atoms with E-state index in [1.165, 1.54) is 6.07 Å². The lowest BCUT2D eigenvalue weighted by Crippen LogP contribution is -1.97. The summed E-state index contributed by atoms with van der Waals surface area (Å²) in [5.74, 6) is -0.959. The van der Waals surface area contributed by atoms with Crippen LogP contribution in [0.2, 0.25) is 0 Å². The van der Waals surface area contributed by atoms with Crippen molar-refractivity contribution < 1.29 is 13.5 Å². The molecule has 2 aromatic carbocycles. The van der Waals surface area contributed by atoms with Gasteiger partial charge >= 0.3 is 0 Å². The first-order chi connectivity index (χ1) is 8.54. The molecule has 0 amide bonds. The molecule has 2 aromatic rings. The molecule has 0 N–H and O–H groups in total. The largest absolute Gasteiger partial charge is 0.489 e. The number of hydrogen-bond acceptors (Lipinski definition) is 1. The van der Waals surface area contributed by atoms with E-state index in [0.29, 0.717) is 5.56 Å². The first-order valence-corrected chi connectivity index (χ1v) is 5.69. The van der Waals surface area contributed by atoms with E-state index in [2.05, 4.69) is 0 Å². The summed E-state index contributed by atoms with van der Waals surface area (Å²) < 4.78 is 31.3. The minimum absolute atomic E-state index is 0.222. The molecular weight excluding hydrogens is 234 g/mol. The van der Waals surface area contributed by atoms with Crippen molar-refractivity contribution in [2.24, 2.45) is 0 Å². The van der Waals surface area contributed by atoms with Gasteiger partial charge in [-0.3, -0.25) is 0 Å². The molecule has 1 nitrogen and oxygen atoms in total. The van der Waals surface area contributed by atoms with E-state index in [1.807, 2.05) is 32.0 Å². The SMILES string of the molecule is Cc1cc(C)cc(OCc2ccc(F)c(F)c2)c1. The van der Waals surface area contributed by atoms with Gasteiger partial charge in [-0.25, -0.2) is 8.78 Å². The van der Waals surface area contributed by atoms with Crippen LogP contribution in [-0.2, 0) is 6.61 Å². The van der Waals surface area contributed by atoms with Crippen molar-refractivity contribution in [3.05, 3.63) is 64.7 Å². The second-order valence-corrected chi connectivity index (χ2v) is 4.36. The molecule has 0 spiro atoms. The lowest BCUT2D eigenvalue weighted by Gasteiger charge is -2.08. The third-order valence-corrected chi connectivity index (χ3v) is 2.58. The van der Waals surface area contributed by atoms with Gasteiger partial charge in [-0.2, -0.15) is 0 Å². The summed E-state index contributed by atoms with van der Waals surface area (Å²) in [5, 5.41) is 0. The fourth-order valence-corrected chi connectivity index (χ4v) is 1.81. The fourth-order valence-electron chi connectivity index (χ4n) is 1.81. The number of hydrogen-bond donors (Lipinski definition) is 0. The highest BCUT2D eigenvalue weighted by Gasteiger charge is 2.03. The Hall–Kier alpha value is -1.90. The molecule has 2 rings (SSSR count). The standard InChI is InChI=1S/C15H14F2O/c1-10-5-11(2)7-13(6-10)18-9-12-3-4-14(16)15(17)8-12/h3-8H,9H2,1-2H3. The molecule has 0 aliphatic carbocycles. The molecular formula is C15H14F2O. The minimum atomic E-state index is -0.850. The Bertz CT molecular complexity index is 544. The molecule has 0 radical (unpaired) electrons. The van der Waals surface area contributed by atoms with Crippen molar-refractivity contribution >= 4 is 0 Å². The highest BCUT2D eigenvalue weighted by atomic mass is 19.2. The summed E-state index contributed by atoms with van der Waals surface area (Å²) in [4.78, 5) is 0. The van der Waals surface area contributed by atoms with Crippen LogP contribution in [0.1, 0.15) is 16.7 Å². The second-order valence-electron chi connectivity index (χ2n) is 4.36. The smallest absolute Gasteiger partial charge is 0.159 e. The van der Waals surface area contributed by atoms with E-state index in [4.69, 9.17) is 4.74 Å². The summed E-state index contributed by atoms with van der Waals surface area (Å²) in [6.45, 7) is 4.19. The quantitative estimate of drug-likeness (QED) is 0.792. The molecule has 0 saturated heterocycles. The zero-order valence-corrected chi connectivity index (χ0v) is 10.3. The van der Waals surface area contributed by atoms with E-state index < -0.39 is 11.6 Å². The van der Waals surface area contributed by atoms with E-state index >= 15 is 0 Å². The van der Waals surface area contributed by atoms with Crippen molar-refractivity contribution in [2.75, 3.05) is 0 Å². The molecule has 0 heterocycles. The van der Waals surface area contributed by atoms with Gasteiger partial charge in [-0.1, -0.05) is 12.1 Å². The van der Waals surface area contributed by atoms with Gasteiger partial charge in [0.15, 0.2) is 11.6 Å². The summed E-state index contributed by atoms with van der Waals surface area (Å²) >= 11 is 0. The molecule has 0 aliphatic rings. The Labute approximate surface area is 105 Å². The molecule has 0 fully saturated rings. The van der Waals surface area contributed by atoms with Crippen molar-refractivity contribution in [1.29, 1.82) is 0 Å². The monoisotopic (exact) mass is 248 g/mol. The van der Waals surface area contributed by atoms with Gasteiger partial charge in [0.25, 0.3) is 0 Å². The van der Waals surface area contributed by atoms with Gasteiger partial charge in [-0.15, -0.1) is 0 Å². The molecule has 0 unspecified atom stereocenters. The topological polar surface area (TPSA) is 9.23 Å². The van der Waals surface area contributed by atoms with Crippen LogP contribution in [0, 0.1) is 25.5 Å². The van der Waals surface area contributed by atoms with Gasteiger partial charge in [0.2, 0.25) is 0 Å². The maximum Gasteiger partial charge on any atom is 0.159 e. The molecule has 0 aromatic heterocycles. The number of ether oxygens (including phenoxy) is 1.